The largest absolute Gasteiger partial charge is 0.316 e. The Morgan fingerprint density at radius 1 is 1.29 bits per heavy atom. The van der Waals surface area contributed by atoms with Crippen molar-refractivity contribution in [2.75, 3.05) is 13.1 Å². The topological polar surface area (TPSA) is 12.0 Å². The molecule has 2 rings (SSSR count). The first-order chi connectivity index (χ1) is 6.86. The zero-order valence-electron chi connectivity index (χ0n) is 8.87. The number of rotatable bonds is 2. The molecular formula is C13H19N. The highest BCUT2D eigenvalue weighted by Crippen LogP contribution is 2.22. The van der Waals surface area contributed by atoms with Crippen molar-refractivity contribution in [1.29, 1.82) is 0 Å². The average Bonchev–Trinajstić information content (AvgIpc) is 2.23. The molecule has 1 heteroatoms. The normalized spacial score (nSPS) is 27.5. The van der Waals surface area contributed by atoms with E-state index < -0.39 is 0 Å². The van der Waals surface area contributed by atoms with E-state index in [-0.39, 0.29) is 0 Å². The summed E-state index contributed by atoms with van der Waals surface area (Å²) >= 11 is 0. The second-order valence-electron chi connectivity index (χ2n) is 4.42. The van der Waals surface area contributed by atoms with Gasteiger partial charge in [-0.3, -0.25) is 0 Å². The molecule has 1 N–H and O–H groups in total. The number of piperidine rings is 1. The predicted octanol–water partition coefficient (Wildman–Crippen LogP) is 2.47. The summed E-state index contributed by atoms with van der Waals surface area (Å²) in [5.41, 5.74) is 1.49. The molecule has 0 spiro atoms. The Labute approximate surface area is 86.5 Å². The molecule has 1 nitrogen and oxygen atoms in total. The second kappa shape index (κ2) is 4.61. The van der Waals surface area contributed by atoms with E-state index in [2.05, 4.69) is 42.6 Å². The lowest BCUT2D eigenvalue weighted by molar-refractivity contribution is 0.272. The molecular weight excluding hydrogens is 170 g/mol. The zero-order chi connectivity index (χ0) is 9.80. The van der Waals surface area contributed by atoms with E-state index in [9.17, 15) is 0 Å². The maximum absolute atomic E-state index is 3.45. The van der Waals surface area contributed by atoms with Crippen molar-refractivity contribution < 1.29 is 0 Å². The minimum absolute atomic E-state index is 0.823. The molecule has 1 aromatic rings. The monoisotopic (exact) mass is 189 g/mol. The number of hydrogen-bond acceptors (Lipinski definition) is 1. The van der Waals surface area contributed by atoms with Crippen LogP contribution in [-0.4, -0.2) is 13.1 Å². The van der Waals surface area contributed by atoms with Gasteiger partial charge in [-0.15, -0.1) is 0 Å². The molecule has 0 saturated carbocycles. The summed E-state index contributed by atoms with van der Waals surface area (Å²) < 4.78 is 0. The van der Waals surface area contributed by atoms with E-state index >= 15 is 0 Å². The van der Waals surface area contributed by atoms with Crippen LogP contribution in [0.15, 0.2) is 30.3 Å². The van der Waals surface area contributed by atoms with Gasteiger partial charge in [0.25, 0.3) is 0 Å². The molecule has 0 amide bonds. The Morgan fingerprint density at radius 3 is 2.79 bits per heavy atom. The molecule has 2 atom stereocenters. The summed E-state index contributed by atoms with van der Waals surface area (Å²) in [6.45, 7) is 4.75. The van der Waals surface area contributed by atoms with Crippen LogP contribution in [0.25, 0.3) is 0 Å². The van der Waals surface area contributed by atoms with Crippen LogP contribution in [-0.2, 0) is 6.42 Å². The molecule has 1 fully saturated rings. The van der Waals surface area contributed by atoms with Crippen LogP contribution < -0.4 is 5.32 Å². The Morgan fingerprint density at radius 2 is 2.07 bits per heavy atom. The third kappa shape index (κ3) is 2.36. The molecule has 14 heavy (non-hydrogen) atoms. The Hall–Kier alpha value is -0.820. The fraction of sp³-hybridized carbons (Fsp3) is 0.538. The Kier molecular flexibility index (Phi) is 3.20. The maximum atomic E-state index is 3.45. The van der Waals surface area contributed by atoms with Crippen LogP contribution in [0.3, 0.4) is 0 Å². The molecule has 1 aliphatic heterocycles. The number of hydrogen-bond donors (Lipinski definition) is 1. The molecule has 0 radical (unpaired) electrons. The number of nitrogens with one attached hydrogen (secondary N) is 1. The van der Waals surface area contributed by atoms with Gasteiger partial charge in [-0.2, -0.15) is 0 Å². The fourth-order valence-electron chi connectivity index (χ4n) is 2.29. The predicted molar refractivity (Wildman–Crippen MR) is 60.3 cm³/mol. The molecule has 0 unspecified atom stereocenters. The van der Waals surface area contributed by atoms with Crippen molar-refractivity contribution in [2.24, 2.45) is 11.8 Å². The lowest BCUT2D eigenvalue weighted by atomic mass is 9.83. The third-order valence-electron chi connectivity index (χ3n) is 3.30. The van der Waals surface area contributed by atoms with Gasteiger partial charge in [0.15, 0.2) is 0 Å². The molecule has 76 valence electrons. The molecule has 0 aliphatic carbocycles. The first-order valence-corrected chi connectivity index (χ1v) is 5.61. The third-order valence-corrected chi connectivity index (χ3v) is 3.30. The highest BCUT2D eigenvalue weighted by Gasteiger charge is 2.20. The summed E-state index contributed by atoms with van der Waals surface area (Å²) in [5, 5.41) is 3.45. The van der Waals surface area contributed by atoms with Gasteiger partial charge in [-0.25, -0.2) is 0 Å². The Bertz CT molecular complexity index is 268. The van der Waals surface area contributed by atoms with Crippen molar-refractivity contribution in [1.82, 2.24) is 5.32 Å². The zero-order valence-corrected chi connectivity index (χ0v) is 8.87. The average molecular weight is 189 g/mol. The minimum Gasteiger partial charge on any atom is -0.316 e. The van der Waals surface area contributed by atoms with Gasteiger partial charge in [0, 0.05) is 0 Å². The molecule has 1 aromatic carbocycles. The van der Waals surface area contributed by atoms with E-state index in [1.54, 1.807) is 0 Å². The van der Waals surface area contributed by atoms with Crippen LogP contribution in [0.1, 0.15) is 18.9 Å². The van der Waals surface area contributed by atoms with Gasteiger partial charge in [0.05, 0.1) is 0 Å². The van der Waals surface area contributed by atoms with Crippen molar-refractivity contribution in [2.45, 2.75) is 19.8 Å². The summed E-state index contributed by atoms with van der Waals surface area (Å²) in [6, 6.07) is 10.9. The SMILES string of the molecule is C[C@@H]1CNCC[C@H]1Cc1ccccc1. The minimum atomic E-state index is 0.823. The van der Waals surface area contributed by atoms with E-state index in [1.807, 2.05) is 0 Å². The van der Waals surface area contributed by atoms with Crippen molar-refractivity contribution in [3.8, 4) is 0 Å². The molecule has 1 aliphatic rings. The van der Waals surface area contributed by atoms with Crippen molar-refractivity contribution in [3.63, 3.8) is 0 Å². The summed E-state index contributed by atoms with van der Waals surface area (Å²) in [5.74, 6) is 1.70. The van der Waals surface area contributed by atoms with Crippen LogP contribution >= 0.6 is 0 Å². The van der Waals surface area contributed by atoms with Crippen LogP contribution in [0.2, 0.25) is 0 Å². The van der Waals surface area contributed by atoms with Crippen molar-refractivity contribution >= 4 is 0 Å². The molecule has 0 bridgehead atoms. The smallest absolute Gasteiger partial charge is 0.00204 e. The molecule has 1 heterocycles. The Balaban J connectivity index is 1.96. The van der Waals surface area contributed by atoms with Crippen LogP contribution in [0.4, 0.5) is 0 Å². The first kappa shape index (κ1) is 9.72. The van der Waals surface area contributed by atoms with E-state index in [4.69, 9.17) is 0 Å². The fourth-order valence-corrected chi connectivity index (χ4v) is 2.29. The lowest BCUT2D eigenvalue weighted by Gasteiger charge is -2.29. The van der Waals surface area contributed by atoms with E-state index in [0.29, 0.717) is 0 Å². The highest BCUT2D eigenvalue weighted by molar-refractivity contribution is 5.15. The maximum Gasteiger partial charge on any atom is -0.00204 e. The van der Waals surface area contributed by atoms with Crippen molar-refractivity contribution in [3.05, 3.63) is 35.9 Å². The summed E-state index contributed by atoms with van der Waals surface area (Å²) in [4.78, 5) is 0. The van der Waals surface area contributed by atoms with Gasteiger partial charge in [-0.05, 0) is 43.3 Å². The van der Waals surface area contributed by atoms with Gasteiger partial charge in [0.2, 0.25) is 0 Å². The summed E-state index contributed by atoms with van der Waals surface area (Å²) in [7, 11) is 0. The summed E-state index contributed by atoms with van der Waals surface area (Å²) in [6.07, 6.45) is 2.58. The van der Waals surface area contributed by atoms with Gasteiger partial charge in [-0.1, -0.05) is 37.3 Å². The second-order valence-corrected chi connectivity index (χ2v) is 4.42. The van der Waals surface area contributed by atoms with E-state index in [1.165, 1.54) is 31.5 Å². The van der Waals surface area contributed by atoms with Gasteiger partial charge < -0.3 is 5.32 Å². The molecule has 1 saturated heterocycles. The first-order valence-electron chi connectivity index (χ1n) is 5.61. The quantitative estimate of drug-likeness (QED) is 0.753. The van der Waals surface area contributed by atoms with Crippen LogP contribution in [0.5, 0.6) is 0 Å². The van der Waals surface area contributed by atoms with Crippen LogP contribution in [0, 0.1) is 11.8 Å². The standard InChI is InChI=1S/C13H19N/c1-11-10-14-8-7-13(11)9-12-5-3-2-4-6-12/h2-6,11,13-14H,7-10H2,1H3/t11-,13+/m1/s1. The number of benzene rings is 1. The highest BCUT2D eigenvalue weighted by atomic mass is 14.9. The lowest BCUT2D eigenvalue weighted by Crippen LogP contribution is -2.35. The van der Waals surface area contributed by atoms with E-state index in [0.717, 1.165) is 11.8 Å². The molecule has 0 aromatic heterocycles. The van der Waals surface area contributed by atoms with Gasteiger partial charge in [0.1, 0.15) is 0 Å². The van der Waals surface area contributed by atoms with Gasteiger partial charge >= 0.3 is 0 Å².